The highest BCUT2D eigenvalue weighted by molar-refractivity contribution is 5.33. The van der Waals surface area contributed by atoms with Crippen LogP contribution in [0.5, 0.6) is 5.75 Å². The molecule has 0 radical (unpaired) electrons. The van der Waals surface area contributed by atoms with Crippen molar-refractivity contribution in [2.24, 2.45) is 0 Å². The molecule has 0 fully saturated rings. The first-order valence-electron chi connectivity index (χ1n) is 6.73. The molecule has 0 aliphatic rings. The van der Waals surface area contributed by atoms with Gasteiger partial charge < -0.3 is 10.1 Å². The number of pyridine rings is 1. The minimum atomic E-state index is -0.322. The lowest BCUT2D eigenvalue weighted by Gasteiger charge is -2.18. The van der Waals surface area contributed by atoms with Crippen molar-refractivity contribution in [1.29, 1.82) is 0 Å². The van der Waals surface area contributed by atoms with Gasteiger partial charge in [0.1, 0.15) is 11.6 Å². The van der Waals surface area contributed by atoms with E-state index in [2.05, 4.69) is 17.2 Å². The summed E-state index contributed by atoms with van der Waals surface area (Å²) in [5, 5.41) is 3.43. The Balaban J connectivity index is 2.27. The summed E-state index contributed by atoms with van der Waals surface area (Å²) < 4.78 is 18.2. The summed E-state index contributed by atoms with van der Waals surface area (Å²) in [5.74, 6) is 0.493. The highest BCUT2D eigenvalue weighted by Gasteiger charge is 2.14. The third-order valence-corrected chi connectivity index (χ3v) is 3.09. The molecule has 106 valence electrons. The summed E-state index contributed by atoms with van der Waals surface area (Å²) in [5.41, 5.74) is 1.89. The van der Waals surface area contributed by atoms with E-state index in [0.29, 0.717) is 0 Å². The van der Waals surface area contributed by atoms with Crippen molar-refractivity contribution in [1.82, 2.24) is 10.3 Å². The van der Waals surface area contributed by atoms with Crippen molar-refractivity contribution in [3.8, 4) is 5.75 Å². The second kappa shape index (κ2) is 7.01. The predicted molar refractivity (Wildman–Crippen MR) is 77.3 cm³/mol. The number of hydrogen-bond acceptors (Lipinski definition) is 3. The van der Waals surface area contributed by atoms with Gasteiger partial charge in [-0.05, 0) is 42.8 Å². The highest BCUT2D eigenvalue weighted by atomic mass is 19.1. The molecular weight excluding hydrogens is 255 g/mol. The van der Waals surface area contributed by atoms with Gasteiger partial charge in [-0.25, -0.2) is 4.39 Å². The summed E-state index contributed by atoms with van der Waals surface area (Å²) in [7, 11) is 1.64. The van der Waals surface area contributed by atoms with Gasteiger partial charge in [0.2, 0.25) is 0 Å². The summed E-state index contributed by atoms with van der Waals surface area (Å²) in [6.45, 7) is 2.98. The molecule has 2 rings (SSSR count). The zero-order valence-corrected chi connectivity index (χ0v) is 11.8. The number of nitrogens with zero attached hydrogens (tertiary/aromatic N) is 1. The van der Waals surface area contributed by atoms with E-state index in [9.17, 15) is 4.39 Å². The van der Waals surface area contributed by atoms with Crippen LogP contribution < -0.4 is 10.1 Å². The molecular formula is C16H19FN2O. The van der Waals surface area contributed by atoms with Crippen LogP contribution in [-0.2, 0) is 0 Å². The second-order valence-electron chi connectivity index (χ2n) is 4.56. The molecule has 1 aromatic carbocycles. The molecule has 2 aromatic rings. The van der Waals surface area contributed by atoms with Crippen molar-refractivity contribution in [3.63, 3.8) is 0 Å². The standard InChI is InChI=1S/C16H19FN2O/c1-3-10-18-16(15-9-6-13(17)11-19-15)12-4-7-14(20-2)8-5-12/h4-9,11,16,18H,3,10H2,1-2H3. The Bertz CT molecular complexity index is 525. The van der Waals surface area contributed by atoms with Crippen LogP contribution in [0.3, 0.4) is 0 Å². The molecule has 1 atom stereocenters. The Labute approximate surface area is 118 Å². The van der Waals surface area contributed by atoms with E-state index in [1.165, 1.54) is 12.3 Å². The average molecular weight is 274 g/mol. The molecule has 0 spiro atoms. The Hall–Kier alpha value is -1.94. The summed E-state index contributed by atoms with van der Waals surface area (Å²) in [6.07, 6.45) is 2.27. The van der Waals surface area contributed by atoms with Crippen molar-refractivity contribution >= 4 is 0 Å². The smallest absolute Gasteiger partial charge is 0.141 e. The molecule has 0 amide bonds. The quantitative estimate of drug-likeness (QED) is 0.877. The Kier molecular flexibility index (Phi) is 5.07. The van der Waals surface area contributed by atoms with Gasteiger partial charge in [-0.15, -0.1) is 0 Å². The molecule has 3 nitrogen and oxygen atoms in total. The third kappa shape index (κ3) is 3.54. The topological polar surface area (TPSA) is 34.1 Å². The molecule has 1 aromatic heterocycles. The van der Waals surface area contributed by atoms with Crippen LogP contribution >= 0.6 is 0 Å². The summed E-state index contributed by atoms with van der Waals surface area (Å²) >= 11 is 0. The maximum absolute atomic E-state index is 13.0. The van der Waals surface area contributed by atoms with Gasteiger partial charge in [0.05, 0.1) is 25.0 Å². The first-order valence-corrected chi connectivity index (χ1v) is 6.73. The van der Waals surface area contributed by atoms with Crippen molar-refractivity contribution in [2.75, 3.05) is 13.7 Å². The zero-order chi connectivity index (χ0) is 14.4. The number of halogens is 1. The van der Waals surface area contributed by atoms with Crippen LogP contribution in [0, 0.1) is 5.82 Å². The van der Waals surface area contributed by atoms with Crippen LogP contribution in [-0.4, -0.2) is 18.6 Å². The van der Waals surface area contributed by atoms with Crippen molar-refractivity contribution < 1.29 is 9.13 Å². The fourth-order valence-corrected chi connectivity index (χ4v) is 2.04. The van der Waals surface area contributed by atoms with E-state index in [4.69, 9.17) is 4.74 Å². The van der Waals surface area contributed by atoms with E-state index < -0.39 is 0 Å². The predicted octanol–water partition coefficient (Wildman–Crippen LogP) is 3.32. The number of aromatic nitrogens is 1. The van der Waals surface area contributed by atoms with Crippen LogP contribution in [0.4, 0.5) is 4.39 Å². The van der Waals surface area contributed by atoms with Crippen LogP contribution in [0.2, 0.25) is 0 Å². The largest absolute Gasteiger partial charge is 0.497 e. The molecule has 0 aliphatic carbocycles. The summed E-state index contributed by atoms with van der Waals surface area (Å²) in [6, 6.07) is 10.9. The fourth-order valence-electron chi connectivity index (χ4n) is 2.04. The number of ether oxygens (including phenoxy) is 1. The molecule has 0 bridgehead atoms. The minimum Gasteiger partial charge on any atom is -0.497 e. The van der Waals surface area contributed by atoms with E-state index in [1.807, 2.05) is 24.3 Å². The van der Waals surface area contributed by atoms with Crippen molar-refractivity contribution in [3.05, 3.63) is 59.7 Å². The van der Waals surface area contributed by atoms with Crippen LogP contribution in [0.15, 0.2) is 42.6 Å². The number of hydrogen-bond donors (Lipinski definition) is 1. The first-order chi connectivity index (χ1) is 9.74. The number of methoxy groups -OCH3 is 1. The fraction of sp³-hybridized carbons (Fsp3) is 0.312. The zero-order valence-electron chi connectivity index (χ0n) is 11.8. The lowest BCUT2D eigenvalue weighted by atomic mass is 10.0. The van der Waals surface area contributed by atoms with Gasteiger partial charge in [0.25, 0.3) is 0 Å². The first kappa shape index (κ1) is 14.5. The van der Waals surface area contributed by atoms with E-state index in [1.54, 1.807) is 13.2 Å². The van der Waals surface area contributed by atoms with Gasteiger partial charge in [0.15, 0.2) is 0 Å². The van der Waals surface area contributed by atoms with E-state index in [0.717, 1.165) is 30.0 Å². The Morgan fingerprint density at radius 1 is 1.20 bits per heavy atom. The van der Waals surface area contributed by atoms with Crippen molar-refractivity contribution in [2.45, 2.75) is 19.4 Å². The SMILES string of the molecule is CCCNC(c1ccc(OC)cc1)c1ccc(F)cn1. The number of benzene rings is 1. The van der Waals surface area contributed by atoms with Gasteiger partial charge in [0, 0.05) is 0 Å². The lowest BCUT2D eigenvalue weighted by molar-refractivity contribution is 0.414. The third-order valence-electron chi connectivity index (χ3n) is 3.09. The highest BCUT2D eigenvalue weighted by Crippen LogP contribution is 2.23. The van der Waals surface area contributed by atoms with Gasteiger partial charge in [-0.3, -0.25) is 4.98 Å². The van der Waals surface area contributed by atoms with Crippen LogP contribution in [0.25, 0.3) is 0 Å². The van der Waals surface area contributed by atoms with Crippen LogP contribution in [0.1, 0.15) is 30.6 Å². The lowest BCUT2D eigenvalue weighted by Crippen LogP contribution is -2.24. The maximum Gasteiger partial charge on any atom is 0.141 e. The molecule has 1 heterocycles. The molecule has 0 aliphatic heterocycles. The molecule has 1 N–H and O–H groups in total. The second-order valence-corrected chi connectivity index (χ2v) is 4.56. The minimum absolute atomic E-state index is 0.0403. The molecule has 4 heteroatoms. The number of rotatable bonds is 6. The molecule has 1 unspecified atom stereocenters. The average Bonchev–Trinajstić information content (AvgIpc) is 2.50. The molecule has 0 saturated carbocycles. The maximum atomic E-state index is 13.0. The monoisotopic (exact) mass is 274 g/mol. The molecule has 20 heavy (non-hydrogen) atoms. The summed E-state index contributed by atoms with van der Waals surface area (Å²) in [4.78, 5) is 4.18. The Morgan fingerprint density at radius 2 is 1.95 bits per heavy atom. The van der Waals surface area contributed by atoms with E-state index in [-0.39, 0.29) is 11.9 Å². The molecule has 0 saturated heterocycles. The van der Waals surface area contributed by atoms with Gasteiger partial charge in [-0.1, -0.05) is 19.1 Å². The van der Waals surface area contributed by atoms with E-state index >= 15 is 0 Å². The normalized spacial score (nSPS) is 12.2. The van der Waals surface area contributed by atoms with Gasteiger partial charge in [-0.2, -0.15) is 0 Å². The van der Waals surface area contributed by atoms with Gasteiger partial charge >= 0.3 is 0 Å². The Morgan fingerprint density at radius 3 is 2.50 bits per heavy atom. The number of nitrogens with one attached hydrogen (secondary N) is 1.